The van der Waals surface area contributed by atoms with Crippen LogP contribution in [0.25, 0.3) is 0 Å². The minimum absolute atomic E-state index is 0.00592. The Morgan fingerprint density at radius 2 is 2.31 bits per heavy atom. The Bertz CT molecular complexity index is 450. The van der Waals surface area contributed by atoms with E-state index in [1.807, 2.05) is 6.92 Å². The van der Waals surface area contributed by atoms with Gasteiger partial charge in [-0.2, -0.15) is 0 Å². The largest absolute Gasteiger partial charge is 0.546 e. The lowest BCUT2D eigenvalue weighted by Gasteiger charge is -2.07. The number of aliphatic carboxylic acids is 1. The molecule has 0 fully saturated rings. The van der Waals surface area contributed by atoms with Gasteiger partial charge >= 0.3 is 0 Å². The molecule has 0 saturated heterocycles. The molecule has 0 unspecified atom stereocenters. The van der Waals surface area contributed by atoms with E-state index in [0.717, 1.165) is 5.56 Å². The Hall–Kier alpha value is -1.84. The quantitative estimate of drug-likeness (QED) is 0.727. The fourth-order valence-electron chi connectivity index (χ4n) is 1.90. The summed E-state index contributed by atoms with van der Waals surface area (Å²) in [6.45, 7) is 1.41. The van der Waals surface area contributed by atoms with Gasteiger partial charge in [-0.15, -0.1) is 0 Å². The molecular formula is C12H11O4-. The van der Waals surface area contributed by atoms with Crippen LogP contribution in [0.3, 0.4) is 0 Å². The van der Waals surface area contributed by atoms with E-state index in [9.17, 15) is 14.7 Å². The standard InChI is InChI=1S/C12H12O4/c1-7-4-8-5-9(16-6-11(13)14)2-3-10(8)12(7)15/h2-3,5,7H,4,6H2,1H3,(H,13,14)/p-1/t7-/m0/s1. The van der Waals surface area contributed by atoms with Gasteiger partial charge in [0, 0.05) is 11.5 Å². The van der Waals surface area contributed by atoms with Gasteiger partial charge in [0.15, 0.2) is 5.78 Å². The summed E-state index contributed by atoms with van der Waals surface area (Å²) in [7, 11) is 0. The van der Waals surface area contributed by atoms with Gasteiger partial charge in [-0.25, -0.2) is 0 Å². The zero-order valence-corrected chi connectivity index (χ0v) is 8.86. The van der Waals surface area contributed by atoms with Crippen LogP contribution in [0.15, 0.2) is 18.2 Å². The van der Waals surface area contributed by atoms with E-state index in [4.69, 9.17) is 4.74 Å². The van der Waals surface area contributed by atoms with Crippen LogP contribution < -0.4 is 9.84 Å². The molecule has 0 saturated carbocycles. The Balaban J connectivity index is 2.18. The number of carbonyl (C=O) groups excluding carboxylic acids is 2. The van der Waals surface area contributed by atoms with Gasteiger partial charge in [-0.1, -0.05) is 6.92 Å². The smallest absolute Gasteiger partial charge is 0.166 e. The van der Waals surface area contributed by atoms with E-state index < -0.39 is 12.6 Å². The van der Waals surface area contributed by atoms with E-state index in [1.165, 1.54) is 0 Å². The summed E-state index contributed by atoms with van der Waals surface area (Å²) in [6.07, 6.45) is 0.691. The van der Waals surface area contributed by atoms with Gasteiger partial charge in [0.2, 0.25) is 0 Å². The first-order chi connectivity index (χ1) is 7.58. The van der Waals surface area contributed by atoms with E-state index in [0.29, 0.717) is 17.7 Å². The average Bonchev–Trinajstić information content (AvgIpc) is 2.52. The lowest BCUT2D eigenvalue weighted by Crippen LogP contribution is -2.28. The maximum Gasteiger partial charge on any atom is 0.166 e. The molecule has 0 radical (unpaired) electrons. The summed E-state index contributed by atoms with van der Waals surface area (Å²) >= 11 is 0. The molecule has 2 rings (SSSR count). The first-order valence-electron chi connectivity index (χ1n) is 5.07. The second-order valence-electron chi connectivity index (χ2n) is 3.95. The number of rotatable bonds is 3. The Kier molecular flexibility index (Phi) is 2.64. The monoisotopic (exact) mass is 219 g/mol. The van der Waals surface area contributed by atoms with Crippen molar-refractivity contribution in [2.24, 2.45) is 5.92 Å². The fourth-order valence-corrected chi connectivity index (χ4v) is 1.90. The van der Waals surface area contributed by atoms with Crippen LogP contribution in [0.4, 0.5) is 0 Å². The number of ketones is 1. The third-order valence-corrected chi connectivity index (χ3v) is 2.67. The second kappa shape index (κ2) is 3.96. The first kappa shape index (κ1) is 10.7. The minimum atomic E-state index is -1.26. The van der Waals surface area contributed by atoms with Gasteiger partial charge < -0.3 is 14.6 Å². The number of ether oxygens (including phenoxy) is 1. The van der Waals surface area contributed by atoms with Crippen molar-refractivity contribution >= 4 is 11.8 Å². The molecule has 0 heterocycles. The normalized spacial score (nSPS) is 18.3. The van der Waals surface area contributed by atoms with E-state index in [2.05, 4.69) is 0 Å². The van der Waals surface area contributed by atoms with Crippen LogP contribution in [-0.2, 0) is 11.2 Å². The summed E-state index contributed by atoms with van der Waals surface area (Å²) in [5.41, 5.74) is 1.64. The first-order valence-corrected chi connectivity index (χ1v) is 5.07. The van der Waals surface area contributed by atoms with Crippen molar-refractivity contribution in [2.75, 3.05) is 6.61 Å². The summed E-state index contributed by atoms with van der Waals surface area (Å²) in [5, 5.41) is 10.2. The van der Waals surface area contributed by atoms with Crippen LogP contribution >= 0.6 is 0 Å². The highest BCUT2D eigenvalue weighted by Gasteiger charge is 2.26. The predicted molar refractivity (Wildman–Crippen MR) is 54.1 cm³/mol. The van der Waals surface area contributed by atoms with Crippen LogP contribution in [0.1, 0.15) is 22.8 Å². The number of carbonyl (C=O) groups is 2. The number of benzene rings is 1. The maximum atomic E-state index is 11.6. The minimum Gasteiger partial charge on any atom is -0.546 e. The number of Topliss-reactive ketones (excluding diaryl/α,β-unsaturated/α-hetero) is 1. The van der Waals surface area contributed by atoms with Crippen molar-refractivity contribution in [3.8, 4) is 5.75 Å². The fraction of sp³-hybridized carbons (Fsp3) is 0.333. The van der Waals surface area contributed by atoms with Crippen molar-refractivity contribution in [1.29, 1.82) is 0 Å². The number of carboxylic acid groups (broad SMARTS) is 1. The molecule has 16 heavy (non-hydrogen) atoms. The van der Waals surface area contributed by atoms with Crippen LogP contribution in [0.2, 0.25) is 0 Å². The molecule has 0 N–H and O–H groups in total. The summed E-state index contributed by atoms with van der Waals surface area (Å²) in [4.78, 5) is 21.8. The molecule has 4 heteroatoms. The van der Waals surface area contributed by atoms with Gasteiger partial charge in [0.1, 0.15) is 12.4 Å². The Morgan fingerprint density at radius 3 is 3.00 bits per heavy atom. The molecule has 0 amide bonds. The second-order valence-corrected chi connectivity index (χ2v) is 3.95. The lowest BCUT2D eigenvalue weighted by atomic mass is 10.1. The number of hydrogen-bond donors (Lipinski definition) is 0. The van der Waals surface area contributed by atoms with Crippen molar-refractivity contribution in [1.82, 2.24) is 0 Å². The maximum absolute atomic E-state index is 11.6. The molecule has 0 spiro atoms. The summed E-state index contributed by atoms with van der Waals surface area (Å²) in [5.74, 6) is -0.650. The summed E-state index contributed by atoms with van der Waals surface area (Å²) < 4.78 is 4.99. The van der Waals surface area contributed by atoms with Crippen LogP contribution in [0, 0.1) is 5.92 Å². The third kappa shape index (κ3) is 1.91. The van der Waals surface area contributed by atoms with E-state index in [1.54, 1.807) is 18.2 Å². The van der Waals surface area contributed by atoms with E-state index >= 15 is 0 Å². The van der Waals surface area contributed by atoms with Gasteiger partial charge in [-0.3, -0.25) is 4.79 Å². The van der Waals surface area contributed by atoms with Crippen molar-refractivity contribution in [3.05, 3.63) is 29.3 Å². The van der Waals surface area contributed by atoms with E-state index in [-0.39, 0.29) is 11.7 Å². The molecule has 1 atom stereocenters. The van der Waals surface area contributed by atoms with Crippen molar-refractivity contribution < 1.29 is 19.4 Å². The summed E-state index contributed by atoms with van der Waals surface area (Å²) in [6, 6.07) is 5.02. The molecule has 0 bridgehead atoms. The Morgan fingerprint density at radius 1 is 1.56 bits per heavy atom. The molecule has 0 aromatic heterocycles. The average molecular weight is 219 g/mol. The topological polar surface area (TPSA) is 66.4 Å². The van der Waals surface area contributed by atoms with Gasteiger partial charge in [-0.05, 0) is 30.2 Å². The number of fused-ring (bicyclic) bond motifs is 1. The predicted octanol–water partition coefficient (Wildman–Crippen LogP) is 0.190. The molecule has 1 aromatic rings. The van der Waals surface area contributed by atoms with Gasteiger partial charge in [0.05, 0.1) is 5.97 Å². The number of hydrogen-bond acceptors (Lipinski definition) is 4. The number of carboxylic acids is 1. The molecule has 84 valence electrons. The zero-order chi connectivity index (χ0) is 11.7. The lowest BCUT2D eigenvalue weighted by molar-refractivity contribution is -0.307. The zero-order valence-electron chi connectivity index (χ0n) is 8.86. The van der Waals surface area contributed by atoms with Crippen LogP contribution in [0.5, 0.6) is 5.75 Å². The molecule has 1 aliphatic rings. The van der Waals surface area contributed by atoms with Crippen molar-refractivity contribution in [3.63, 3.8) is 0 Å². The SMILES string of the molecule is C[C@H]1Cc2cc(OCC(=O)[O-])ccc2C1=O. The highest BCUT2D eigenvalue weighted by Crippen LogP contribution is 2.29. The van der Waals surface area contributed by atoms with Crippen LogP contribution in [-0.4, -0.2) is 18.4 Å². The highest BCUT2D eigenvalue weighted by atomic mass is 16.5. The molecule has 0 aliphatic heterocycles. The van der Waals surface area contributed by atoms with Gasteiger partial charge in [0.25, 0.3) is 0 Å². The molecule has 1 aliphatic carbocycles. The molecule has 1 aromatic carbocycles. The highest BCUT2D eigenvalue weighted by molar-refractivity contribution is 6.02. The Labute approximate surface area is 92.8 Å². The molecule has 4 nitrogen and oxygen atoms in total. The molecular weight excluding hydrogens is 208 g/mol. The van der Waals surface area contributed by atoms with Crippen molar-refractivity contribution in [2.45, 2.75) is 13.3 Å². The third-order valence-electron chi connectivity index (χ3n) is 2.67.